The van der Waals surface area contributed by atoms with Crippen LogP contribution >= 0.6 is 11.3 Å². The molecule has 2 aromatic rings. The second-order valence-corrected chi connectivity index (χ2v) is 8.95. The van der Waals surface area contributed by atoms with E-state index in [2.05, 4.69) is 4.98 Å². The summed E-state index contributed by atoms with van der Waals surface area (Å²) in [4.78, 5) is 34.2. The highest BCUT2D eigenvalue weighted by Crippen LogP contribution is 2.35. The van der Waals surface area contributed by atoms with Crippen molar-refractivity contribution in [1.82, 2.24) is 14.8 Å². The molecule has 1 unspecified atom stereocenters. The zero-order valence-corrected chi connectivity index (χ0v) is 17.3. The van der Waals surface area contributed by atoms with Crippen molar-refractivity contribution in [3.63, 3.8) is 0 Å². The summed E-state index contributed by atoms with van der Waals surface area (Å²) in [5.74, 6) is 0.847. The molecule has 0 radical (unpaired) electrons. The van der Waals surface area contributed by atoms with Crippen LogP contribution in [-0.4, -0.2) is 51.8 Å². The summed E-state index contributed by atoms with van der Waals surface area (Å²) in [5, 5.41) is 0.898. The van der Waals surface area contributed by atoms with Crippen LogP contribution in [0.25, 0.3) is 0 Å². The van der Waals surface area contributed by atoms with E-state index < -0.39 is 5.60 Å². The number of hydrogen-bond donors (Lipinski definition) is 0. The Hall–Kier alpha value is -2.41. The summed E-state index contributed by atoms with van der Waals surface area (Å²) in [6.07, 6.45) is 1.66. The topological polar surface area (TPSA) is 62.7 Å². The van der Waals surface area contributed by atoms with Crippen LogP contribution in [0.3, 0.4) is 0 Å². The molecular formula is C21H25N3O3S. The third-order valence-corrected chi connectivity index (χ3v) is 6.57. The van der Waals surface area contributed by atoms with Crippen molar-refractivity contribution in [2.75, 3.05) is 19.6 Å². The Kier molecular flexibility index (Phi) is 4.87. The van der Waals surface area contributed by atoms with Crippen molar-refractivity contribution in [1.29, 1.82) is 0 Å². The molecule has 2 amide bonds. The highest BCUT2D eigenvalue weighted by molar-refractivity contribution is 7.13. The van der Waals surface area contributed by atoms with Crippen molar-refractivity contribution in [3.05, 3.63) is 45.4 Å². The number of carbonyl (C=O) groups excluding carboxylic acids is 2. The monoisotopic (exact) mass is 399 g/mol. The number of likely N-dealkylation sites (tertiary alicyclic amines) is 1. The van der Waals surface area contributed by atoms with E-state index in [-0.39, 0.29) is 11.8 Å². The van der Waals surface area contributed by atoms with Crippen LogP contribution in [0.4, 0.5) is 0 Å². The predicted octanol–water partition coefficient (Wildman–Crippen LogP) is 3.18. The first-order valence-electron chi connectivity index (χ1n) is 9.63. The Morgan fingerprint density at radius 2 is 1.93 bits per heavy atom. The van der Waals surface area contributed by atoms with Crippen LogP contribution in [-0.2, 0) is 11.3 Å². The van der Waals surface area contributed by atoms with Gasteiger partial charge in [0.05, 0.1) is 23.8 Å². The predicted molar refractivity (Wildman–Crippen MR) is 108 cm³/mol. The van der Waals surface area contributed by atoms with Gasteiger partial charge < -0.3 is 14.5 Å². The molecular weight excluding hydrogens is 374 g/mol. The molecule has 7 heteroatoms. The highest BCUT2D eigenvalue weighted by Gasteiger charge is 2.43. The molecule has 3 heterocycles. The minimum atomic E-state index is -0.584. The van der Waals surface area contributed by atoms with Crippen LogP contribution in [0.5, 0.6) is 5.75 Å². The van der Waals surface area contributed by atoms with Crippen LogP contribution in [0.1, 0.15) is 45.7 Å². The molecule has 2 aliphatic heterocycles. The van der Waals surface area contributed by atoms with E-state index in [1.54, 1.807) is 6.92 Å². The summed E-state index contributed by atoms with van der Waals surface area (Å²) < 4.78 is 6.52. The lowest BCUT2D eigenvalue weighted by molar-refractivity contribution is -0.132. The van der Waals surface area contributed by atoms with Gasteiger partial charge in [-0.3, -0.25) is 9.59 Å². The molecule has 1 aromatic carbocycles. The second kappa shape index (κ2) is 7.20. The minimum absolute atomic E-state index is 0.0117. The average molecular weight is 400 g/mol. The van der Waals surface area contributed by atoms with Crippen molar-refractivity contribution >= 4 is 23.2 Å². The van der Waals surface area contributed by atoms with Gasteiger partial charge in [-0.1, -0.05) is 18.2 Å². The standard InChI is InChI=1S/C21H25N3O3S/c1-14-19(28-15(2)22-14)20(26)23-10-6-9-21(12-23)13-24(16(3)25)11-17-7-4-5-8-18(17)27-21/h4-5,7-8H,6,9-13H2,1-3H3. The maximum absolute atomic E-state index is 13.2. The van der Waals surface area contributed by atoms with Gasteiger partial charge in [0, 0.05) is 25.6 Å². The maximum Gasteiger partial charge on any atom is 0.265 e. The van der Waals surface area contributed by atoms with Crippen molar-refractivity contribution in [3.8, 4) is 5.75 Å². The molecule has 148 valence electrons. The molecule has 1 aromatic heterocycles. The van der Waals surface area contributed by atoms with Gasteiger partial charge in [-0.05, 0) is 32.8 Å². The number of fused-ring (bicyclic) bond motifs is 1. The number of hydrogen-bond acceptors (Lipinski definition) is 5. The third kappa shape index (κ3) is 3.51. The van der Waals surface area contributed by atoms with E-state index >= 15 is 0 Å². The van der Waals surface area contributed by atoms with E-state index in [9.17, 15) is 9.59 Å². The molecule has 0 saturated carbocycles. The first kappa shape index (κ1) is 18.9. The number of thiazole rings is 1. The summed E-state index contributed by atoms with van der Waals surface area (Å²) >= 11 is 1.44. The zero-order valence-electron chi connectivity index (χ0n) is 16.5. The molecule has 4 rings (SSSR count). The Labute approximate surface area is 169 Å². The van der Waals surface area contributed by atoms with Gasteiger partial charge in [0.1, 0.15) is 16.2 Å². The molecule has 1 atom stereocenters. The molecule has 1 fully saturated rings. The van der Waals surface area contributed by atoms with E-state index in [1.807, 2.05) is 47.9 Å². The van der Waals surface area contributed by atoms with Gasteiger partial charge in [-0.25, -0.2) is 4.98 Å². The molecule has 1 saturated heterocycles. The first-order valence-corrected chi connectivity index (χ1v) is 10.4. The van der Waals surface area contributed by atoms with Crippen LogP contribution in [0.15, 0.2) is 24.3 Å². The summed E-state index contributed by atoms with van der Waals surface area (Å²) in [7, 11) is 0. The molecule has 28 heavy (non-hydrogen) atoms. The van der Waals surface area contributed by atoms with Crippen LogP contribution in [0.2, 0.25) is 0 Å². The lowest BCUT2D eigenvalue weighted by atomic mass is 9.91. The fourth-order valence-electron chi connectivity index (χ4n) is 4.19. The Balaban J connectivity index is 1.65. The second-order valence-electron chi connectivity index (χ2n) is 7.75. The molecule has 6 nitrogen and oxygen atoms in total. The molecule has 2 aliphatic rings. The van der Waals surface area contributed by atoms with E-state index in [4.69, 9.17) is 4.74 Å². The zero-order chi connectivity index (χ0) is 19.9. The van der Waals surface area contributed by atoms with Crippen molar-refractivity contribution in [2.24, 2.45) is 0 Å². The summed E-state index contributed by atoms with van der Waals surface area (Å²) in [6, 6.07) is 7.87. The lowest BCUT2D eigenvalue weighted by Crippen LogP contribution is -2.58. The number of piperidine rings is 1. The smallest absolute Gasteiger partial charge is 0.265 e. The number of ether oxygens (including phenoxy) is 1. The molecule has 0 N–H and O–H groups in total. The van der Waals surface area contributed by atoms with Crippen LogP contribution in [0, 0.1) is 13.8 Å². The normalized spacial score (nSPS) is 21.8. The van der Waals surface area contributed by atoms with Gasteiger partial charge in [0.15, 0.2) is 0 Å². The van der Waals surface area contributed by atoms with Gasteiger partial charge in [0.2, 0.25) is 5.91 Å². The first-order chi connectivity index (χ1) is 13.4. The number of aromatic nitrogens is 1. The number of benzene rings is 1. The maximum atomic E-state index is 13.2. The number of rotatable bonds is 1. The Bertz CT molecular complexity index is 925. The largest absolute Gasteiger partial charge is 0.483 e. The fourth-order valence-corrected chi connectivity index (χ4v) is 5.08. The summed E-state index contributed by atoms with van der Waals surface area (Å²) in [6.45, 7) is 7.59. The quantitative estimate of drug-likeness (QED) is 0.739. The number of nitrogens with zero attached hydrogens (tertiary/aromatic N) is 3. The minimum Gasteiger partial charge on any atom is -0.483 e. The summed E-state index contributed by atoms with van der Waals surface area (Å²) in [5.41, 5.74) is 1.20. The van der Waals surface area contributed by atoms with Gasteiger partial charge in [0.25, 0.3) is 5.91 Å². The van der Waals surface area contributed by atoms with E-state index in [0.717, 1.165) is 34.9 Å². The molecule has 0 bridgehead atoms. The fraction of sp³-hybridized carbons (Fsp3) is 0.476. The van der Waals surface area contributed by atoms with Gasteiger partial charge >= 0.3 is 0 Å². The number of para-hydroxylation sites is 1. The van der Waals surface area contributed by atoms with Gasteiger partial charge in [-0.2, -0.15) is 0 Å². The Morgan fingerprint density at radius 1 is 1.18 bits per heavy atom. The molecule has 0 aliphatic carbocycles. The molecule has 1 spiro atoms. The highest BCUT2D eigenvalue weighted by atomic mass is 32.1. The van der Waals surface area contributed by atoms with Crippen molar-refractivity contribution < 1.29 is 14.3 Å². The third-order valence-electron chi connectivity index (χ3n) is 5.51. The van der Waals surface area contributed by atoms with Gasteiger partial charge in [-0.15, -0.1) is 11.3 Å². The number of aryl methyl sites for hydroxylation is 2. The number of carbonyl (C=O) groups is 2. The lowest BCUT2D eigenvalue weighted by Gasteiger charge is -2.43. The van der Waals surface area contributed by atoms with E-state index in [1.165, 1.54) is 11.3 Å². The van der Waals surface area contributed by atoms with Crippen molar-refractivity contribution in [2.45, 2.75) is 45.8 Å². The number of amides is 2. The van der Waals surface area contributed by atoms with Crippen LogP contribution < -0.4 is 4.74 Å². The SMILES string of the molecule is CC(=O)N1Cc2ccccc2OC2(CCCN(C(=O)c3sc(C)nc3C)C2)C1. The van der Waals surface area contributed by atoms with E-state index in [0.29, 0.717) is 31.1 Å². The Morgan fingerprint density at radius 3 is 2.64 bits per heavy atom. The average Bonchev–Trinajstić information content (AvgIpc) is 2.91.